The molecule has 3 N–H and O–H groups in total. The number of hydrogen-bond donors (Lipinski definition) is 3. The van der Waals surface area contributed by atoms with E-state index in [-0.39, 0.29) is 12.1 Å². The van der Waals surface area contributed by atoms with Gasteiger partial charge in [0.15, 0.2) is 5.78 Å². The smallest absolute Gasteiger partial charge is 0.305 e. The second-order valence-electron chi connectivity index (χ2n) is 5.50. The van der Waals surface area contributed by atoms with Crippen LogP contribution >= 0.6 is 0 Å². The van der Waals surface area contributed by atoms with Crippen molar-refractivity contribution in [2.75, 3.05) is 12.0 Å². The lowest BCUT2D eigenvalue weighted by atomic mass is 10.1. The van der Waals surface area contributed by atoms with Gasteiger partial charge in [0.1, 0.15) is 24.4 Å². The van der Waals surface area contributed by atoms with Crippen molar-refractivity contribution in [3.05, 3.63) is 28.7 Å². The molecule has 10 heteroatoms. The summed E-state index contributed by atoms with van der Waals surface area (Å²) in [4.78, 5) is 58.3. The van der Waals surface area contributed by atoms with Crippen molar-refractivity contribution in [1.29, 1.82) is 0 Å². The highest BCUT2D eigenvalue weighted by atomic mass is 19.1. The highest BCUT2D eigenvalue weighted by Crippen LogP contribution is 2.12. The second kappa shape index (κ2) is 9.44. The Labute approximate surface area is 148 Å². The number of carbonyl (C=O) groups excluding carboxylic acids is 3. The van der Waals surface area contributed by atoms with Gasteiger partial charge >= 0.3 is 5.97 Å². The van der Waals surface area contributed by atoms with Gasteiger partial charge in [-0.05, 0) is 18.6 Å². The first kappa shape index (κ1) is 21.0. The topological polar surface area (TPSA) is 135 Å². The van der Waals surface area contributed by atoms with Gasteiger partial charge in [-0.15, -0.1) is 0 Å². The molecule has 2 unspecified atom stereocenters. The average Bonchev–Trinajstić information content (AvgIpc) is 2.56. The number of ketones is 1. The normalized spacial score (nSPS) is 12.7. The van der Waals surface area contributed by atoms with E-state index in [0.29, 0.717) is 0 Å². The third-order valence-electron chi connectivity index (χ3n) is 3.53. The van der Waals surface area contributed by atoms with Crippen molar-refractivity contribution in [2.45, 2.75) is 38.8 Å². The molecule has 0 aliphatic rings. The summed E-state index contributed by atoms with van der Waals surface area (Å²) in [6, 6.07) is 0.211. The molecule has 2 atom stereocenters. The molecule has 0 spiro atoms. The number of nitrogens with one attached hydrogen (secondary N) is 2. The van der Waals surface area contributed by atoms with Crippen LogP contribution in [0.5, 0.6) is 0 Å². The molecule has 0 fully saturated rings. The number of amides is 2. The Balaban J connectivity index is 3.12. The zero-order valence-electron chi connectivity index (χ0n) is 14.3. The number of rotatable bonds is 9. The number of hydrogen-bond acceptors (Lipinski definition) is 5. The maximum Gasteiger partial charge on any atom is 0.305 e. The monoisotopic (exact) mass is 369 g/mol. The Bertz CT molecular complexity index is 761. The molecule has 26 heavy (non-hydrogen) atoms. The molecule has 0 saturated carbocycles. The third kappa shape index (κ3) is 5.50. The van der Waals surface area contributed by atoms with Crippen LogP contribution in [0.4, 0.5) is 10.1 Å². The molecule has 0 saturated heterocycles. The molecule has 0 aromatic carbocycles. The number of Topliss-reactive ketones (excluding diaryl/α,β-unsaturated/α-hetero) is 1. The highest BCUT2D eigenvalue weighted by molar-refractivity contribution is 5.93. The maximum atomic E-state index is 12.6. The van der Waals surface area contributed by atoms with E-state index in [9.17, 15) is 28.4 Å². The predicted octanol–water partition coefficient (Wildman–Crippen LogP) is 0.256. The molecule has 0 bridgehead atoms. The summed E-state index contributed by atoms with van der Waals surface area (Å²) in [5, 5.41) is 13.3. The fourth-order valence-electron chi connectivity index (χ4n) is 2.33. The molecule has 9 nitrogen and oxygen atoms in total. The first-order valence-electron chi connectivity index (χ1n) is 7.80. The minimum atomic E-state index is -1.53. The van der Waals surface area contributed by atoms with Crippen LogP contribution in [0.1, 0.15) is 32.7 Å². The Morgan fingerprint density at radius 1 is 1.31 bits per heavy atom. The van der Waals surface area contributed by atoms with Gasteiger partial charge in [-0.1, -0.05) is 6.92 Å². The van der Waals surface area contributed by atoms with Crippen LogP contribution in [0.3, 0.4) is 0 Å². The zero-order valence-corrected chi connectivity index (χ0v) is 14.3. The van der Waals surface area contributed by atoms with Gasteiger partial charge in [-0.25, -0.2) is 4.39 Å². The van der Waals surface area contributed by atoms with Crippen LogP contribution < -0.4 is 16.2 Å². The largest absolute Gasteiger partial charge is 0.481 e. The van der Waals surface area contributed by atoms with Gasteiger partial charge in [0.2, 0.25) is 11.8 Å². The summed E-state index contributed by atoms with van der Waals surface area (Å²) in [5.74, 6) is -3.72. The van der Waals surface area contributed by atoms with Gasteiger partial charge in [-0.3, -0.25) is 24.0 Å². The Kier molecular flexibility index (Phi) is 7.63. The predicted molar refractivity (Wildman–Crippen MR) is 89.5 cm³/mol. The molecule has 0 aliphatic carbocycles. The number of nitrogens with zero attached hydrogens (tertiary/aromatic N) is 1. The van der Waals surface area contributed by atoms with Crippen LogP contribution in [0.25, 0.3) is 0 Å². The van der Waals surface area contributed by atoms with Gasteiger partial charge in [0, 0.05) is 13.1 Å². The lowest BCUT2D eigenvalue weighted by Gasteiger charge is -2.21. The van der Waals surface area contributed by atoms with Crippen molar-refractivity contribution in [1.82, 2.24) is 9.88 Å². The molecule has 0 radical (unpaired) electrons. The van der Waals surface area contributed by atoms with Crippen molar-refractivity contribution in [3.63, 3.8) is 0 Å². The number of halogens is 1. The second-order valence-corrected chi connectivity index (χ2v) is 5.50. The lowest BCUT2D eigenvalue weighted by Crippen LogP contribution is -2.47. The molecule has 0 aliphatic heterocycles. The number of aliphatic carboxylic acids is 1. The first-order chi connectivity index (χ1) is 12.2. The van der Waals surface area contributed by atoms with Gasteiger partial charge in [0.25, 0.3) is 5.56 Å². The van der Waals surface area contributed by atoms with Crippen molar-refractivity contribution in [3.8, 4) is 0 Å². The SMILES string of the molecule is CCC(C(=O)NC(CC(=O)O)C(=O)CF)n1cccc(NC(C)=O)c1=O. The molecule has 1 rings (SSSR count). The fourth-order valence-corrected chi connectivity index (χ4v) is 2.33. The number of pyridine rings is 1. The summed E-state index contributed by atoms with van der Waals surface area (Å²) in [5.41, 5.74) is -0.676. The summed E-state index contributed by atoms with van der Waals surface area (Å²) >= 11 is 0. The maximum absolute atomic E-state index is 12.6. The Hall–Kier alpha value is -3.04. The highest BCUT2D eigenvalue weighted by Gasteiger charge is 2.28. The summed E-state index contributed by atoms with van der Waals surface area (Å²) in [6.07, 6.45) is 0.690. The molecule has 1 heterocycles. The van der Waals surface area contributed by atoms with E-state index in [1.807, 2.05) is 0 Å². The third-order valence-corrected chi connectivity index (χ3v) is 3.53. The number of carboxylic acid groups (broad SMARTS) is 1. The van der Waals surface area contributed by atoms with E-state index in [4.69, 9.17) is 5.11 Å². The van der Waals surface area contributed by atoms with Crippen LogP contribution in [-0.2, 0) is 19.2 Å². The van der Waals surface area contributed by atoms with E-state index >= 15 is 0 Å². The van der Waals surface area contributed by atoms with Crippen molar-refractivity contribution in [2.24, 2.45) is 0 Å². The van der Waals surface area contributed by atoms with E-state index in [1.54, 1.807) is 6.92 Å². The summed E-state index contributed by atoms with van der Waals surface area (Å²) < 4.78 is 13.6. The first-order valence-corrected chi connectivity index (χ1v) is 7.80. The van der Waals surface area contributed by atoms with Crippen molar-refractivity contribution < 1.29 is 28.7 Å². The van der Waals surface area contributed by atoms with Crippen LogP contribution in [-0.4, -0.2) is 46.0 Å². The van der Waals surface area contributed by atoms with E-state index < -0.39 is 54.3 Å². The fraction of sp³-hybridized carbons (Fsp3) is 0.438. The van der Waals surface area contributed by atoms with Crippen LogP contribution in [0.2, 0.25) is 0 Å². The number of anilines is 1. The molecule has 2 amide bonds. The standard InChI is InChI=1S/C16H20FN3O6/c1-3-12(15(25)19-11(7-14(23)24)13(22)8-17)20-6-4-5-10(16(20)26)18-9(2)21/h4-6,11-12H,3,7-8H2,1-2H3,(H,18,21)(H,19,25)(H,23,24). The Morgan fingerprint density at radius 3 is 2.46 bits per heavy atom. The molecular weight excluding hydrogens is 349 g/mol. The molecule has 1 aromatic rings. The van der Waals surface area contributed by atoms with Gasteiger partial charge < -0.3 is 20.3 Å². The number of alkyl halides is 1. The summed E-state index contributed by atoms with van der Waals surface area (Å²) in [7, 11) is 0. The molecule has 142 valence electrons. The Morgan fingerprint density at radius 2 is 1.96 bits per heavy atom. The van der Waals surface area contributed by atoms with E-state index in [1.165, 1.54) is 25.3 Å². The van der Waals surface area contributed by atoms with Gasteiger partial charge in [-0.2, -0.15) is 0 Å². The number of carbonyl (C=O) groups is 4. The number of aromatic nitrogens is 1. The quantitative estimate of drug-likeness (QED) is 0.571. The van der Waals surface area contributed by atoms with E-state index in [0.717, 1.165) is 4.57 Å². The van der Waals surface area contributed by atoms with E-state index in [2.05, 4.69) is 10.6 Å². The molecule has 1 aromatic heterocycles. The minimum Gasteiger partial charge on any atom is -0.481 e. The summed E-state index contributed by atoms with van der Waals surface area (Å²) in [6.45, 7) is 1.40. The van der Waals surface area contributed by atoms with Crippen molar-refractivity contribution >= 4 is 29.3 Å². The van der Waals surface area contributed by atoms with Gasteiger partial charge in [0.05, 0.1) is 6.42 Å². The molecular formula is C16H20FN3O6. The van der Waals surface area contributed by atoms with Crippen LogP contribution in [0.15, 0.2) is 23.1 Å². The number of carboxylic acids is 1. The van der Waals surface area contributed by atoms with Crippen LogP contribution in [0, 0.1) is 0 Å². The minimum absolute atomic E-state index is 0.0341. The lowest BCUT2D eigenvalue weighted by molar-refractivity contribution is -0.140. The zero-order chi connectivity index (χ0) is 19.9. The average molecular weight is 369 g/mol.